The van der Waals surface area contributed by atoms with Crippen LogP contribution >= 0.6 is 11.8 Å². The zero-order valence-corrected chi connectivity index (χ0v) is 16.4. The van der Waals surface area contributed by atoms with E-state index in [1.807, 2.05) is 20.8 Å². The van der Waals surface area contributed by atoms with Crippen LogP contribution in [0.1, 0.15) is 37.3 Å². The number of nitrogens with zero attached hydrogens (tertiary/aromatic N) is 2. The van der Waals surface area contributed by atoms with Crippen LogP contribution in [-0.4, -0.2) is 53.2 Å². The van der Waals surface area contributed by atoms with Gasteiger partial charge in [-0.2, -0.15) is 13.2 Å². The van der Waals surface area contributed by atoms with Crippen LogP contribution < -0.4 is 5.32 Å². The number of hydrogen-bond acceptors (Lipinski definition) is 3. The van der Waals surface area contributed by atoms with Crippen molar-refractivity contribution in [1.29, 1.82) is 0 Å². The van der Waals surface area contributed by atoms with Crippen molar-refractivity contribution in [2.45, 2.75) is 38.4 Å². The normalized spacial score (nSPS) is 17.5. The van der Waals surface area contributed by atoms with Gasteiger partial charge in [0.25, 0.3) is 0 Å². The highest BCUT2D eigenvalue weighted by Crippen LogP contribution is 2.39. The molecule has 1 aromatic rings. The van der Waals surface area contributed by atoms with E-state index < -0.39 is 11.7 Å². The number of alkyl halides is 3. The molecule has 1 heterocycles. The van der Waals surface area contributed by atoms with Crippen molar-refractivity contribution in [3.05, 3.63) is 35.4 Å². The molecular formula is C18H24F3N3O2S. The Morgan fingerprint density at radius 3 is 2.48 bits per heavy atom. The summed E-state index contributed by atoms with van der Waals surface area (Å²) in [7, 11) is 0. The van der Waals surface area contributed by atoms with Gasteiger partial charge in [0.2, 0.25) is 5.91 Å². The van der Waals surface area contributed by atoms with Crippen LogP contribution in [0.4, 0.5) is 18.0 Å². The van der Waals surface area contributed by atoms with Crippen molar-refractivity contribution >= 4 is 23.7 Å². The minimum atomic E-state index is -4.39. The minimum Gasteiger partial charge on any atom is -0.338 e. The summed E-state index contributed by atoms with van der Waals surface area (Å²) in [6.07, 6.45) is -4.39. The van der Waals surface area contributed by atoms with Crippen molar-refractivity contribution < 1.29 is 22.8 Å². The van der Waals surface area contributed by atoms with Gasteiger partial charge in [-0.1, -0.05) is 12.1 Å². The number of nitrogens with one attached hydrogen (secondary N) is 1. The molecule has 1 N–H and O–H groups in total. The summed E-state index contributed by atoms with van der Waals surface area (Å²) in [5.74, 6) is 0.193. The Labute approximate surface area is 161 Å². The van der Waals surface area contributed by atoms with Gasteiger partial charge >= 0.3 is 12.2 Å². The average Bonchev–Trinajstić information content (AvgIpc) is 2.95. The largest absolute Gasteiger partial charge is 0.416 e. The van der Waals surface area contributed by atoms with Crippen molar-refractivity contribution in [2.75, 3.05) is 25.4 Å². The van der Waals surface area contributed by atoms with Gasteiger partial charge in [-0.25, -0.2) is 4.79 Å². The van der Waals surface area contributed by atoms with E-state index in [0.717, 1.165) is 12.1 Å². The SMILES string of the molecule is CCNC(=O)N(CCN1C(=O)CS[C@H]1c1ccc(C(F)(F)F)cc1)C(C)C. The second-order valence-electron chi connectivity index (χ2n) is 6.49. The lowest BCUT2D eigenvalue weighted by atomic mass is 10.1. The van der Waals surface area contributed by atoms with Crippen LogP contribution in [0.15, 0.2) is 24.3 Å². The van der Waals surface area contributed by atoms with Gasteiger partial charge in [0, 0.05) is 25.7 Å². The van der Waals surface area contributed by atoms with Crippen LogP contribution in [0.5, 0.6) is 0 Å². The van der Waals surface area contributed by atoms with Gasteiger partial charge < -0.3 is 15.1 Å². The molecule has 0 saturated carbocycles. The highest BCUT2D eigenvalue weighted by molar-refractivity contribution is 8.00. The molecule has 2 rings (SSSR count). The first-order valence-corrected chi connectivity index (χ1v) is 9.82. The van der Waals surface area contributed by atoms with Crippen LogP contribution in [0.2, 0.25) is 0 Å². The van der Waals surface area contributed by atoms with Crippen LogP contribution in [0.25, 0.3) is 0 Å². The molecule has 0 unspecified atom stereocenters. The Morgan fingerprint density at radius 1 is 1.33 bits per heavy atom. The summed E-state index contributed by atoms with van der Waals surface area (Å²) < 4.78 is 38.2. The fourth-order valence-electron chi connectivity index (χ4n) is 2.87. The molecular weight excluding hydrogens is 379 g/mol. The first-order valence-electron chi connectivity index (χ1n) is 8.77. The maximum Gasteiger partial charge on any atom is 0.416 e. The fourth-order valence-corrected chi connectivity index (χ4v) is 4.09. The number of halogens is 3. The third kappa shape index (κ3) is 5.31. The summed E-state index contributed by atoms with van der Waals surface area (Å²) in [6.45, 7) is 6.80. The topological polar surface area (TPSA) is 52.7 Å². The smallest absolute Gasteiger partial charge is 0.338 e. The van der Waals surface area contributed by atoms with Crippen molar-refractivity contribution in [2.24, 2.45) is 0 Å². The number of amides is 3. The lowest BCUT2D eigenvalue weighted by molar-refractivity contribution is -0.137. The van der Waals surface area contributed by atoms with Crippen molar-refractivity contribution in [3.8, 4) is 0 Å². The molecule has 1 aliphatic rings. The van der Waals surface area contributed by atoms with Crippen LogP contribution in [0, 0.1) is 0 Å². The first-order chi connectivity index (χ1) is 12.6. The Hall–Kier alpha value is -1.90. The highest BCUT2D eigenvalue weighted by atomic mass is 32.2. The molecule has 0 bridgehead atoms. The maximum absolute atomic E-state index is 12.7. The third-order valence-corrected chi connectivity index (χ3v) is 5.54. The number of urea groups is 1. The summed E-state index contributed by atoms with van der Waals surface area (Å²) in [6, 6.07) is 4.66. The van der Waals surface area contributed by atoms with Gasteiger partial charge in [0.05, 0.1) is 11.3 Å². The van der Waals surface area contributed by atoms with Crippen molar-refractivity contribution in [1.82, 2.24) is 15.1 Å². The molecule has 0 aliphatic carbocycles. The van der Waals surface area contributed by atoms with Crippen LogP contribution in [0.3, 0.4) is 0 Å². The molecule has 9 heteroatoms. The zero-order chi connectivity index (χ0) is 20.2. The fraction of sp³-hybridized carbons (Fsp3) is 0.556. The highest BCUT2D eigenvalue weighted by Gasteiger charge is 2.35. The summed E-state index contributed by atoms with van der Waals surface area (Å²) >= 11 is 1.38. The molecule has 1 saturated heterocycles. The number of benzene rings is 1. The van der Waals surface area contributed by atoms with E-state index in [1.54, 1.807) is 9.80 Å². The van der Waals surface area contributed by atoms with E-state index in [-0.39, 0.29) is 29.1 Å². The Morgan fingerprint density at radius 2 is 1.96 bits per heavy atom. The second kappa shape index (κ2) is 8.86. The van der Waals surface area contributed by atoms with Gasteiger partial charge in [-0.05, 0) is 38.5 Å². The predicted molar refractivity (Wildman–Crippen MR) is 99.3 cm³/mol. The number of hydrogen-bond donors (Lipinski definition) is 1. The van der Waals surface area contributed by atoms with Gasteiger partial charge in [0.15, 0.2) is 0 Å². The standard InChI is InChI=1S/C18H24F3N3O2S/c1-4-22-17(26)23(12(2)3)9-10-24-15(25)11-27-16(24)13-5-7-14(8-6-13)18(19,20)21/h5-8,12,16H,4,9-11H2,1-3H3,(H,22,26)/t16-/m0/s1. The average molecular weight is 403 g/mol. The third-order valence-electron chi connectivity index (χ3n) is 4.29. The molecule has 1 atom stereocenters. The lowest BCUT2D eigenvalue weighted by Gasteiger charge is -2.31. The monoisotopic (exact) mass is 403 g/mol. The Bertz CT molecular complexity index is 665. The van der Waals surface area contributed by atoms with E-state index in [2.05, 4.69) is 5.32 Å². The number of thioether (sulfide) groups is 1. The summed E-state index contributed by atoms with van der Waals surface area (Å²) in [5, 5.41) is 2.40. The molecule has 27 heavy (non-hydrogen) atoms. The molecule has 3 amide bonds. The van der Waals surface area contributed by atoms with Gasteiger partial charge in [-0.15, -0.1) is 11.8 Å². The van der Waals surface area contributed by atoms with E-state index >= 15 is 0 Å². The zero-order valence-electron chi connectivity index (χ0n) is 15.5. The molecule has 0 spiro atoms. The van der Waals surface area contributed by atoms with Crippen molar-refractivity contribution in [3.63, 3.8) is 0 Å². The Kier molecular flexibility index (Phi) is 7.02. The summed E-state index contributed by atoms with van der Waals surface area (Å²) in [4.78, 5) is 27.7. The number of carbonyl (C=O) groups excluding carboxylic acids is 2. The molecule has 0 radical (unpaired) electrons. The lowest BCUT2D eigenvalue weighted by Crippen LogP contribution is -2.47. The van der Waals surface area contributed by atoms with E-state index in [1.165, 1.54) is 23.9 Å². The second-order valence-corrected chi connectivity index (χ2v) is 7.56. The summed E-state index contributed by atoms with van der Waals surface area (Å²) in [5.41, 5.74) is -0.0673. The minimum absolute atomic E-state index is 0.0357. The molecule has 5 nitrogen and oxygen atoms in total. The van der Waals surface area contributed by atoms with Gasteiger partial charge in [-0.3, -0.25) is 4.79 Å². The quantitative estimate of drug-likeness (QED) is 0.788. The molecule has 1 fully saturated rings. The number of rotatable bonds is 6. The Balaban J connectivity index is 2.10. The van der Waals surface area contributed by atoms with E-state index in [4.69, 9.17) is 0 Å². The first kappa shape index (κ1) is 21.4. The molecule has 1 aromatic carbocycles. The van der Waals surface area contributed by atoms with Crippen LogP contribution in [-0.2, 0) is 11.0 Å². The molecule has 150 valence electrons. The van der Waals surface area contributed by atoms with E-state index in [0.29, 0.717) is 25.2 Å². The van der Waals surface area contributed by atoms with Gasteiger partial charge in [0.1, 0.15) is 5.37 Å². The molecule has 0 aromatic heterocycles. The maximum atomic E-state index is 12.7. The van der Waals surface area contributed by atoms with E-state index in [9.17, 15) is 22.8 Å². The molecule has 1 aliphatic heterocycles. The number of carbonyl (C=O) groups is 2. The predicted octanol–water partition coefficient (Wildman–Crippen LogP) is 3.72.